The summed E-state index contributed by atoms with van der Waals surface area (Å²) in [5.74, 6) is -0.429. The Morgan fingerprint density at radius 2 is 2.19 bits per heavy atom. The third kappa shape index (κ3) is 4.31. The zero-order valence-electron chi connectivity index (χ0n) is 9.77. The molecule has 0 aromatic heterocycles. The van der Waals surface area contributed by atoms with E-state index in [1.165, 1.54) is 5.56 Å². The SMILES string of the molecule is CN(C)c1cccc(CCOCC(N)=O)c1. The van der Waals surface area contributed by atoms with Gasteiger partial charge in [-0.2, -0.15) is 0 Å². The lowest BCUT2D eigenvalue weighted by molar-refractivity contribution is -0.122. The van der Waals surface area contributed by atoms with E-state index in [0.717, 1.165) is 12.1 Å². The maximum atomic E-state index is 10.4. The van der Waals surface area contributed by atoms with Crippen molar-refractivity contribution in [2.24, 2.45) is 5.73 Å². The summed E-state index contributed by atoms with van der Waals surface area (Å²) < 4.78 is 5.11. The van der Waals surface area contributed by atoms with Crippen molar-refractivity contribution in [3.8, 4) is 0 Å². The molecule has 0 unspecified atom stereocenters. The lowest BCUT2D eigenvalue weighted by Crippen LogP contribution is -2.18. The summed E-state index contributed by atoms with van der Waals surface area (Å²) in [7, 11) is 4.01. The van der Waals surface area contributed by atoms with Crippen molar-refractivity contribution in [2.45, 2.75) is 6.42 Å². The highest BCUT2D eigenvalue weighted by Gasteiger charge is 1.99. The number of benzene rings is 1. The number of anilines is 1. The van der Waals surface area contributed by atoms with Crippen LogP contribution in [0.5, 0.6) is 0 Å². The van der Waals surface area contributed by atoms with Crippen LogP contribution in [0, 0.1) is 0 Å². The van der Waals surface area contributed by atoms with E-state index >= 15 is 0 Å². The topological polar surface area (TPSA) is 55.6 Å². The van der Waals surface area contributed by atoms with Gasteiger partial charge in [-0.05, 0) is 24.1 Å². The number of amides is 1. The highest BCUT2D eigenvalue weighted by Crippen LogP contribution is 2.13. The smallest absolute Gasteiger partial charge is 0.243 e. The van der Waals surface area contributed by atoms with Crippen LogP contribution >= 0.6 is 0 Å². The Bertz CT molecular complexity index is 351. The molecule has 4 heteroatoms. The second-order valence-electron chi connectivity index (χ2n) is 3.83. The maximum absolute atomic E-state index is 10.4. The first-order valence-corrected chi connectivity index (χ1v) is 5.22. The number of nitrogens with zero attached hydrogens (tertiary/aromatic N) is 1. The predicted octanol–water partition coefficient (Wildman–Crippen LogP) is 0.797. The molecular weight excluding hydrogens is 204 g/mol. The molecule has 0 bridgehead atoms. The molecule has 4 nitrogen and oxygen atoms in total. The van der Waals surface area contributed by atoms with Gasteiger partial charge in [0.15, 0.2) is 0 Å². The van der Waals surface area contributed by atoms with Crippen LogP contribution < -0.4 is 10.6 Å². The number of rotatable bonds is 6. The number of hydrogen-bond donors (Lipinski definition) is 1. The van der Waals surface area contributed by atoms with Crippen LogP contribution in [0.25, 0.3) is 0 Å². The van der Waals surface area contributed by atoms with E-state index in [9.17, 15) is 4.79 Å². The van der Waals surface area contributed by atoms with Crippen LogP contribution in [-0.4, -0.2) is 33.2 Å². The van der Waals surface area contributed by atoms with E-state index < -0.39 is 5.91 Å². The Hall–Kier alpha value is -1.55. The standard InChI is InChI=1S/C12H18N2O2/c1-14(2)11-5-3-4-10(8-11)6-7-16-9-12(13)15/h3-5,8H,6-7,9H2,1-2H3,(H2,13,15). The van der Waals surface area contributed by atoms with Crippen molar-refractivity contribution in [1.29, 1.82) is 0 Å². The summed E-state index contributed by atoms with van der Waals surface area (Å²) in [6, 6.07) is 8.21. The molecule has 16 heavy (non-hydrogen) atoms. The monoisotopic (exact) mass is 222 g/mol. The Morgan fingerprint density at radius 3 is 2.81 bits per heavy atom. The Morgan fingerprint density at radius 1 is 1.44 bits per heavy atom. The van der Waals surface area contributed by atoms with Crippen LogP contribution in [0.15, 0.2) is 24.3 Å². The Labute approximate surface area is 96.0 Å². The first-order chi connectivity index (χ1) is 7.59. The van der Waals surface area contributed by atoms with Gasteiger partial charge < -0.3 is 15.4 Å². The molecule has 0 atom stereocenters. The first-order valence-electron chi connectivity index (χ1n) is 5.22. The van der Waals surface area contributed by atoms with E-state index in [1.54, 1.807) is 0 Å². The van der Waals surface area contributed by atoms with Gasteiger partial charge in [-0.3, -0.25) is 4.79 Å². The molecule has 0 saturated heterocycles. The number of nitrogens with two attached hydrogens (primary N) is 1. The molecule has 88 valence electrons. The number of ether oxygens (including phenoxy) is 1. The molecule has 0 aliphatic rings. The zero-order valence-corrected chi connectivity index (χ0v) is 9.77. The molecule has 0 fully saturated rings. The zero-order chi connectivity index (χ0) is 12.0. The van der Waals surface area contributed by atoms with Gasteiger partial charge >= 0.3 is 0 Å². The molecule has 0 aliphatic heterocycles. The van der Waals surface area contributed by atoms with Gasteiger partial charge in [0.1, 0.15) is 6.61 Å². The number of primary amides is 1. The van der Waals surface area contributed by atoms with Gasteiger partial charge in [-0.25, -0.2) is 0 Å². The summed E-state index contributed by atoms with van der Waals surface area (Å²) in [5, 5.41) is 0. The van der Waals surface area contributed by atoms with Gasteiger partial charge in [0, 0.05) is 19.8 Å². The molecule has 1 amide bonds. The predicted molar refractivity (Wildman–Crippen MR) is 64.5 cm³/mol. The largest absolute Gasteiger partial charge is 0.378 e. The average Bonchev–Trinajstić information content (AvgIpc) is 2.24. The fraction of sp³-hybridized carbons (Fsp3) is 0.417. The minimum Gasteiger partial charge on any atom is -0.378 e. The Kier molecular flexibility index (Phi) is 4.79. The highest BCUT2D eigenvalue weighted by molar-refractivity contribution is 5.74. The normalized spacial score (nSPS) is 10.1. The van der Waals surface area contributed by atoms with Crippen molar-refractivity contribution in [3.63, 3.8) is 0 Å². The molecule has 1 aromatic carbocycles. The van der Waals surface area contributed by atoms with Crippen LogP contribution in [0.3, 0.4) is 0 Å². The minimum absolute atomic E-state index is 0.00658. The quantitative estimate of drug-likeness (QED) is 0.724. The van der Waals surface area contributed by atoms with Crippen LogP contribution in [0.4, 0.5) is 5.69 Å². The van der Waals surface area contributed by atoms with E-state index in [0.29, 0.717) is 6.61 Å². The number of carbonyl (C=O) groups excluding carboxylic acids is 1. The first kappa shape index (κ1) is 12.5. The van der Waals surface area contributed by atoms with Crippen molar-refractivity contribution < 1.29 is 9.53 Å². The molecule has 0 saturated carbocycles. The molecule has 0 radical (unpaired) electrons. The summed E-state index contributed by atoms with van der Waals surface area (Å²) >= 11 is 0. The van der Waals surface area contributed by atoms with E-state index in [-0.39, 0.29) is 6.61 Å². The average molecular weight is 222 g/mol. The van der Waals surface area contributed by atoms with E-state index in [4.69, 9.17) is 10.5 Å². The fourth-order valence-corrected chi connectivity index (χ4v) is 1.35. The lowest BCUT2D eigenvalue weighted by Gasteiger charge is -2.13. The van der Waals surface area contributed by atoms with Crippen molar-refractivity contribution in [1.82, 2.24) is 0 Å². The van der Waals surface area contributed by atoms with Crippen molar-refractivity contribution in [3.05, 3.63) is 29.8 Å². The van der Waals surface area contributed by atoms with E-state index in [1.807, 2.05) is 37.2 Å². The molecule has 0 heterocycles. The van der Waals surface area contributed by atoms with Gasteiger partial charge in [-0.15, -0.1) is 0 Å². The summed E-state index contributed by atoms with van der Waals surface area (Å²) in [6.45, 7) is 0.507. The van der Waals surface area contributed by atoms with Crippen molar-refractivity contribution in [2.75, 3.05) is 32.2 Å². The number of hydrogen-bond acceptors (Lipinski definition) is 3. The molecule has 0 aliphatic carbocycles. The van der Waals surface area contributed by atoms with Crippen LogP contribution in [-0.2, 0) is 16.0 Å². The summed E-state index contributed by atoms with van der Waals surface area (Å²) in [6.07, 6.45) is 0.787. The highest BCUT2D eigenvalue weighted by atomic mass is 16.5. The molecule has 0 spiro atoms. The summed E-state index contributed by atoms with van der Waals surface area (Å²) in [5.41, 5.74) is 7.32. The van der Waals surface area contributed by atoms with Gasteiger partial charge in [0.2, 0.25) is 5.91 Å². The van der Waals surface area contributed by atoms with Crippen LogP contribution in [0.1, 0.15) is 5.56 Å². The molecule has 1 aromatic rings. The summed E-state index contributed by atoms with van der Waals surface area (Å²) in [4.78, 5) is 12.5. The minimum atomic E-state index is -0.429. The third-order valence-electron chi connectivity index (χ3n) is 2.21. The second-order valence-corrected chi connectivity index (χ2v) is 3.83. The Balaban J connectivity index is 2.42. The maximum Gasteiger partial charge on any atom is 0.243 e. The van der Waals surface area contributed by atoms with Crippen molar-refractivity contribution >= 4 is 11.6 Å². The van der Waals surface area contributed by atoms with E-state index in [2.05, 4.69) is 6.07 Å². The fourth-order valence-electron chi connectivity index (χ4n) is 1.35. The van der Waals surface area contributed by atoms with Gasteiger partial charge in [-0.1, -0.05) is 12.1 Å². The van der Waals surface area contributed by atoms with Crippen LogP contribution in [0.2, 0.25) is 0 Å². The second kappa shape index (κ2) is 6.12. The van der Waals surface area contributed by atoms with Gasteiger partial charge in [0.05, 0.1) is 6.61 Å². The molecular formula is C12H18N2O2. The van der Waals surface area contributed by atoms with Gasteiger partial charge in [0.25, 0.3) is 0 Å². The number of carbonyl (C=O) groups is 1. The third-order valence-corrected chi connectivity index (χ3v) is 2.21. The lowest BCUT2D eigenvalue weighted by atomic mass is 10.1. The molecule has 1 rings (SSSR count). The molecule has 2 N–H and O–H groups in total.